The van der Waals surface area contributed by atoms with Gasteiger partial charge in [-0.05, 0) is 37.5 Å². The van der Waals surface area contributed by atoms with E-state index in [0.717, 1.165) is 24.2 Å². The van der Waals surface area contributed by atoms with Crippen molar-refractivity contribution in [2.75, 3.05) is 11.4 Å². The van der Waals surface area contributed by atoms with Gasteiger partial charge in [-0.1, -0.05) is 18.2 Å². The summed E-state index contributed by atoms with van der Waals surface area (Å²) in [4.78, 5) is 26.0. The van der Waals surface area contributed by atoms with Crippen molar-refractivity contribution in [2.45, 2.75) is 26.3 Å². The van der Waals surface area contributed by atoms with E-state index in [-0.39, 0.29) is 18.0 Å². The molecule has 0 fully saturated rings. The summed E-state index contributed by atoms with van der Waals surface area (Å²) in [6.45, 7) is 2.47. The third-order valence-electron chi connectivity index (χ3n) is 3.70. The Labute approximate surface area is 122 Å². The Kier molecular flexibility index (Phi) is 3.56. The Morgan fingerprint density at radius 2 is 2.05 bits per heavy atom. The number of amides is 1. The van der Waals surface area contributed by atoms with Crippen molar-refractivity contribution in [1.29, 1.82) is 0 Å². The molecule has 5 nitrogen and oxygen atoms in total. The number of aromatic nitrogens is 2. The van der Waals surface area contributed by atoms with Crippen LogP contribution in [0.4, 0.5) is 5.69 Å². The van der Waals surface area contributed by atoms with Crippen molar-refractivity contribution in [3.63, 3.8) is 0 Å². The molecule has 21 heavy (non-hydrogen) atoms. The van der Waals surface area contributed by atoms with Gasteiger partial charge in [0.05, 0.1) is 5.69 Å². The molecular formula is C16H17N3O2. The Bertz CT molecular complexity index is 736. The van der Waals surface area contributed by atoms with Crippen LogP contribution in [0.2, 0.25) is 0 Å². The second-order valence-electron chi connectivity index (χ2n) is 5.25. The summed E-state index contributed by atoms with van der Waals surface area (Å²) >= 11 is 0. The predicted octanol–water partition coefficient (Wildman–Crippen LogP) is 1.53. The third kappa shape index (κ3) is 2.72. The number of anilines is 1. The molecule has 1 aliphatic heterocycles. The van der Waals surface area contributed by atoms with Crippen LogP contribution in [0.15, 0.2) is 41.2 Å². The standard InChI is InChI=1S/C16H17N3O2/c1-12-8-9-15(20)19(17-12)11-16(21)18-10-4-6-13-5-2-3-7-14(13)18/h2-3,5,7-9H,4,6,10-11H2,1H3. The van der Waals surface area contributed by atoms with Crippen molar-refractivity contribution in [2.24, 2.45) is 0 Å². The summed E-state index contributed by atoms with van der Waals surface area (Å²) in [6.07, 6.45) is 1.93. The first-order valence-electron chi connectivity index (χ1n) is 7.08. The van der Waals surface area contributed by atoms with Gasteiger partial charge in [-0.25, -0.2) is 4.68 Å². The van der Waals surface area contributed by atoms with E-state index in [1.165, 1.54) is 16.3 Å². The molecule has 0 unspecified atom stereocenters. The fraction of sp³-hybridized carbons (Fsp3) is 0.312. The molecule has 2 heterocycles. The smallest absolute Gasteiger partial charge is 0.267 e. The van der Waals surface area contributed by atoms with E-state index in [2.05, 4.69) is 5.10 Å². The molecule has 2 aromatic rings. The highest BCUT2D eigenvalue weighted by Gasteiger charge is 2.22. The lowest BCUT2D eigenvalue weighted by Crippen LogP contribution is -2.40. The maximum absolute atomic E-state index is 12.5. The summed E-state index contributed by atoms with van der Waals surface area (Å²) < 4.78 is 1.23. The van der Waals surface area contributed by atoms with Gasteiger partial charge in [0, 0.05) is 18.3 Å². The van der Waals surface area contributed by atoms with Gasteiger partial charge in [0.15, 0.2) is 0 Å². The molecule has 0 bridgehead atoms. The number of carbonyl (C=O) groups is 1. The first-order chi connectivity index (χ1) is 10.1. The monoisotopic (exact) mass is 283 g/mol. The molecule has 3 rings (SSSR count). The van der Waals surface area contributed by atoms with Crippen LogP contribution in [-0.4, -0.2) is 22.2 Å². The Hall–Kier alpha value is -2.43. The Balaban J connectivity index is 1.87. The minimum Gasteiger partial charge on any atom is -0.311 e. The number of aryl methyl sites for hydroxylation is 2. The van der Waals surface area contributed by atoms with Gasteiger partial charge in [-0.15, -0.1) is 0 Å². The van der Waals surface area contributed by atoms with Crippen molar-refractivity contribution >= 4 is 11.6 Å². The van der Waals surface area contributed by atoms with Gasteiger partial charge in [0.25, 0.3) is 5.56 Å². The van der Waals surface area contributed by atoms with E-state index in [4.69, 9.17) is 0 Å². The molecule has 0 aliphatic carbocycles. The second kappa shape index (κ2) is 5.52. The molecule has 1 aliphatic rings. The lowest BCUT2D eigenvalue weighted by molar-refractivity contribution is -0.119. The number of para-hydroxylation sites is 1. The number of hydrogen-bond donors (Lipinski definition) is 0. The fourth-order valence-corrected chi connectivity index (χ4v) is 2.67. The highest BCUT2D eigenvalue weighted by atomic mass is 16.2. The first-order valence-corrected chi connectivity index (χ1v) is 7.08. The molecule has 108 valence electrons. The molecule has 0 saturated heterocycles. The SMILES string of the molecule is Cc1ccc(=O)n(CC(=O)N2CCCc3ccccc32)n1. The maximum atomic E-state index is 12.5. The van der Waals surface area contributed by atoms with E-state index in [1.807, 2.05) is 24.3 Å². The van der Waals surface area contributed by atoms with Gasteiger partial charge in [0.1, 0.15) is 6.54 Å². The van der Waals surface area contributed by atoms with Crippen molar-refractivity contribution in [1.82, 2.24) is 9.78 Å². The number of carbonyl (C=O) groups excluding carboxylic acids is 1. The van der Waals surface area contributed by atoms with Gasteiger partial charge >= 0.3 is 0 Å². The molecule has 0 N–H and O–H groups in total. The van der Waals surface area contributed by atoms with Gasteiger partial charge in [-0.3, -0.25) is 9.59 Å². The van der Waals surface area contributed by atoms with Crippen molar-refractivity contribution in [3.05, 3.63) is 58.0 Å². The van der Waals surface area contributed by atoms with Crippen LogP contribution < -0.4 is 10.5 Å². The maximum Gasteiger partial charge on any atom is 0.267 e. The van der Waals surface area contributed by atoms with Gasteiger partial charge in [0.2, 0.25) is 5.91 Å². The van der Waals surface area contributed by atoms with Crippen LogP contribution in [0.5, 0.6) is 0 Å². The topological polar surface area (TPSA) is 55.2 Å². The van der Waals surface area contributed by atoms with E-state index in [9.17, 15) is 9.59 Å². The van der Waals surface area contributed by atoms with E-state index in [0.29, 0.717) is 6.54 Å². The summed E-state index contributed by atoms with van der Waals surface area (Å²) in [5.74, 6) is -0.0950. The minimum absolute atomic E-state index is 0.0190. The lowest BCUT2D eigenvalue weighted by Gasteiger charge is -2.29. The molecule has 1 aromatic carbocycles. The lowest BCUT2D eigenvalue weighted by atomic mass is 10.0. The molecule has 0 saturated carbocycles. The highest BCUT2D eigenvalue weighted by molar-refractivity contribution is 5.94. The zero-order valence-electron chi connectivity index (χ0n) is 12.0. The number of fused-ring (bicyclic) bond motifs is 1. The molecule has 0 spiro atoms. The predicted molar refractivity (Wildman–Crippen MR) is 80.4 cm³/mol. The largest absolute Gasteiger partial charge is 0.311 e. The van der Waals surface area contributed by atoms with Crippen LogP contribution in [0, 0.1) is 6.92 Å². The number of hydrogen-bond acceptors (Lipinski definition) is 3. The molecule has 0 atom stereocenters. The summed E-state index contributed by atoms with van der Waals surface area (Å²) in [7, 11) is 0. The summed E-state index contributed by atoms with van der Waals surface area (Å²) in [5, 5.41) is 4.12. The summed E-state index contributed by atoms with van der Waals surface area (Å²) in [5.41, 5.74) is 2.61. The first kappa shape index (κ1) is 13.5. The quantitative estimate of drug-likeness (QED) is 0.840. The van der Waals surface area contributed by atoms with E-state index < -0.39 is 0 Å². The van der Waals surface area contributed by atoms with Crippen LogP contribution in [0.3, 0.4) is 0 Å². The van der Waals surface area contributed by atoms with E-state index in [1.54, 1.807) is 17.9 Å². The fourth-order valence-electron chi connectivity index (χ4n) is 2.67. The number of rotatable bonds is 2. The average molecular weight is 283 g/mol. The minimum atomic E-state index is -0.251. The van der Waals surface area contributed by atoms with Gasteiger partial charge < -0.3 is 4.90 Å². The van der Waals surface area contributed by atoms with Crippen LogP contribution in [-0.2, 0) is 17.8 Å². The number of nitrogens with zero attached hydrogens (tertiary/aromatic N) is 3. The molecule has 0 radical (unpaired) electrons. The normalized spacial score (nSPS) is 13.9. The molecular weight excluding hydrogens is 266 g/mol. The van der Waals surface area contributed by atoms with Crippen LogP contribution in [0.25, 0.3) is 0 Å². The van der Waals surface area contributed by atoms with E-state index >= 15 is 0 Å². The second-order valence-corrected chi connectivity index (χ2v) is 5.25. The number of benzene rings is 1. The Morgan fingerprint density at radius 3 is 2.90 bits per heavy atom. The molecule has 1 amide bonds. The average Bonchev–Trinajstić information content (AvgIpc) is 2.50. The van der Waals surface area contributed by atoms with Crippen molar-refractivity contribution < 1.29 is 4.79 Å². The van der Waals surface area contributed by atoms with Crippen LogP contribution in [0.1, 0.15) is 17.7 Å². The molecule has 5 heteroatoms. The van der Waals surface area contributed by atoms with Crippen molar-refractivity contribution in [3.8, 4) is 0 Å². The zero-order valence-corrected chi connectivity index (χ0v) is 12.0. The third-order valence-corrected chi connectivity index (χ3v) is 3.70. The zero-order chi connectivity index (χ0) is 14.8. The summed E-state index contributed by atoms with van der Waals surface area (Å²) in [6, 6.07) is 11.0. The van der Waals surface area contributed by atoms with Crippen LogP contribution >= 0.6 is 0 Å². The molecule has 1 aromatic heterocycles. The Morgan fingerprint density at radius 1 is 1.24 bits per heavy atom. The van der Waals surface area contributed by atoms with Gasteiger partial charge in [-0.2, -0.15) is 5.10 Å². The highest BCUT2D eigenvalue weighted by Crippen LogP contribution is 2.26.